The van der Waals surface area contributed by atoms with Crippen LogP contribution in [0.5, 0.6) is 0 Å². The number of benzene rings is 1. The van der Waals surface area contributed by atoms with E-state index < -0.39 is 17.8 Å². The minimum Gasteiger partial charge on any atom is -0.483 e. The smallest absolute Gasteiger partial charge is 0.435 e. The summed E-state index contributed by atoms with van der Waals surface area (Å²) in [6, 6.07) is 4.54. The van der Waals surface area contributed by atoms with Crippen molar-refractivity contribution in [1.29, 1.82) is 0 Å². The maximum atomic E-state index is 13.7. The van der Waals surface area contributed by atoms with Gasteiger partial charge in [-0.15, -0.1) is 0 Å². The van der Waals surface area contributed by atoms with E-state index in [1.54, 1.807) is 17.0 Å². The molecular weight excluding hydrogens is 579 g/mol. The largest absolute Gasteiger partial charge is 0.483 e. The van der Waals surface area contributed by atoms with E-state index in [1.807, 2.05) is 0 Å². The van der Waals surface area contributed by atoms with E-state index in [1.165, 1.54) is 34.8 Å². The lowest BCUT2D eigenvalue weighted by atomic mass is 9.93. The third-order valence-corrected chi connectivity index (χ3v) is 7.64. The highest BCUT2D eigenvalue weighted by Crippen LogP contribution is 2.41. The predicted molar refractivity (Wildman–Crippen MR) is 148 cm³/mol. The molecule has 0 unspecified atom stereocenters. The second-order valence-electron chi connectivity index (χ2n) is 10.2. The van der Waals surface area contributed by atoms with Crippen LogP contribution in [-0.2, 0) is 18.0 Å². The number of carboxylic acid groups (broad SMARTS) is 1. The molecule has 2 aromatic heterocycles. The van der Waals surface area contributed by atoms with Crippen LogP contribution in [0.25, 0.3) is 11.3 Å². The van der Waals surface area contributed by atoms with Crippen LogP contribution in [0.3, 0.4) is 0 Å². The molecule has 4 N–H and O–H groups in total. The number of alkyl halides is 3. The number of aromatic nitrogens is 4. The molecule has 0 atom stereocenters. The van der Waals surface area contributed by atoms with Crippen LogP contribution in [-0.4, -0.2) is 67.3 Å². The molecule has 1 saturated carbocycles. The van der Waals surface area contributed by atoms with E-state index in [2.05, 4.69) is 15.4 Å². The molecule has 5 rings (SSSR count). The summed E-state index contributed by atoms with van der Waals surface area (Å²) in [6.45, 7) is 1.65. The van der Waals surface area contributed by atoms with Gasteiger partial charge in [-0.25, -0.2) is 4.98 Å². The maximum Gasteiger partial charge on any atom is 0.435 e. The fourth-order valence-corrected chi connectivity index (χ4v) is 5.23. The van der Waals surface area contributed by atoms with Crippen molar-refractivity contribution >= 4 is 35.6 Å². The van der Waals surface area contributed by atoms with E-state index in [0.717, 1.165) is 32.1 Å². The summed E-state index contributed by atoms with van der Waals surface area (Å²) < 4.78 is 43.7. The Morgan fingerprint density at radius 2 is 1.88 bits per heavy atom. The number of carbonyl (C=O) groups excluding carboxylic acids is 2. The Labute approximate surface area is 244 Å². The van der Waals surface area contributed by atoms with Crippen molar-refractivity contribution < 1.29 is 32.7 Å². The van der Waals surface area contributed by atoms with Crippen LogP contribution in [0, 0.1) is 5.92 Å². The van der Waals surface area contributed by atoms with E-state index in [-0.39, 0.29) is 40.5 Å². The molecular formula is C27H31ClF3N7O4. The first kappa shape index (κ1) is 31.0. The van der Waals surface area contributed by atoms with Crippen molar-refractivity contribution in [1.82, 2.24) is 24.2 Å². The van der Waals surface area contributed by atoms with Crippen molar-refractivity contribution in [3.05, 3.63) is 52.7 Å². The normalized spacial score (nSPS) is 15.6. The molecule has 2 aliphatic rings. The van der Waals surface area contributed by atoms with Gasteiger partial charge in [0.2, 0.25) is 0 Å². The summed E-state index contributed by atoms with van der Waals surface area (Å²) in [5, 5.41) is 13.5. The lowest BCUT2D eigenvalue weighted by Crippen LogP contribution is -2.39. The number of anilines is 1. The van der Waals surface area contributed by atoms with Gasteiger partial charge in [-0.2, -0.15) is 18.3 Å². The number of hydrogen-bond donors (Lipinski definition) is 3. The molecule has 1 aliphatic carbocycles. The average Bonchev–Trinajstić information content (AvgIpc) is 3.57. The van der Waals surface area contributed by atoms with Gasteiger partial charge in [-0.1, -0.05) is 11.6 Å². The monoisotopic (exact) mass is 609 g/mol. The molecule has 42 heavy (non-hydrogen) atoms. The summed E-state index contributed by atoms with van der Waals surface area (Å²) in [4.78, 5) is 40.2. The summed E-state index contributed by atoms with van der Waals surface area (Å²) in [6.07, 6.45) is 2.22. The summed E-state index contributed by atoms with van der Waals surface area (Å²) >= 11 is 6.41. The number of amides is 2. The number of nitrogens with two attached hydrogens (primary N) is 1. The van der Waals surface area contributed by atoms with Gasteiger partial charge in [-0.05, 0) is 62.8 Å². The summed E-state index contributed by atoms with van der Waals surface area (Å²) in [5.41, 5.74) is 5.27. The molecule has 0 bridgehead atoms. The van der Waals surface area contributed by atoms with Crippen LogP contribution < -0.4 is 11.1 Å². The molecule has 3 aromatic rings. The van der Waals surface area contributed by atoms with E-state index >= 15 is 0 Å². The Hall–Kier alpha value is -3.91. The van der Waals surface area contributed by atoms with Gasteiger partial charge in [0.1, 0.15) is 0 Å². The first-order valence-electron chi connectivity index (χ1n) is 13.3. The lowest BCUT2D eigenvalue weighted by molar-refractivity contribution is -0.141. The topological polar surface area (TPSA) is 148 Å². The summed E-state index contributed by atoms with van der Waals surface area (Å²) in [7, 11) is 1.47. The third kappa shape index (κ3) is 6.93. The number of rotatable bonds is 7. The standard InChI is InChI=1S/C26H29ClF3N7O2.CH2O2/c1-35-21(19-14-37(17-3-4-17)34-22(19)26(28,29)30)13-32-23(35)24(38)33-16-2-5-18(20(27)12-16)25(39)36-10-7-15(6-9-31)8-11-36;2-1-3/h2,5,12-15,17H,3-4,6-11,31H2,1H3,(H,33,38);1H,(H,2,3). The van der Waals surface area contributed by atoms with Crippen LogP contribution in [0.4, 0.5) is 18.9 Å². The van der Waals surface area contributed by atoms with Crippen molar-refractivity contribution in [3.8, 4) is 11.3 Å². The number of hydrogen-bond acceptors (Lipinski definition) is 6. The highest BCUT2D eigenvalue weighted by Gasteiger charge is 2.40. The molecule has 0 spiro atoms. The molecule has 1 saturated heterocycles. The van der Waals surface area contributed by atoms with Gasteiger partial charge in [0.25, 0.3) is 18.3 Å². The molecule has 3 heterocycles. The number of nitrogens with one attached hydrogen (secondary N) is 1. The Kier molecular flexibility index (Phi) is 9.57. The van der Waals surface area contributed by atoms with Gasteiger partial charge in [0, 0.05) is 32.0 Å². The highest BCUT2D eigenvalue weighted by molar-refractivity contribution is 6.34. The Bertz CT molecular complexity index is 1440. The zero-order chi connectivity index (χ0) is 30.6. The fourth-order valence-electron chi connectivity index (χ4n) is 4.97. The van der Waals surface area contributed by atoms with E-state index in [9.17, 15) is 22.8 Å². The second kappa shape index (κ2) is 12.9. The quantitative estimate of drug-likeness (QED) is 0.335. The molecule has 1 aliphatic heterocycles. The SMILES string of the molecule is Cn1c(-c2cn(C3CC3)nc2C(F)(F)F)cnc1C(=O)Nc1ccc(C(=O)N2CCC(CCN)CC2)c(Cl)c1.O=CO. The van der Waals surface area contributed by atoms with E-state index in [4.69, 9.17) is 27.2 Å². The van der Waals surface area contributed by atoms with Gasteiger partial charge in [0.05, 0.1) is 34.1 Å². The first-order valence-corrected chi connectivity index (χ1v) is 13.7. The number of piperidine rings is 1. The minimum absolute atomic E-state index is 0.0431. The minimum atomic E-state index is -4.65. The zero-order valence-corrected chi connectivity index (χ0v) is 23.5. The number of carbonyl (C=O) groups is 3. The molecule has 11 nitrogen and oxygen atoms in total. The highest BCUT2D eigenvalue weighted by atomic mass is 35.5. The number of imidazole rings is 1. The van der Waals surface area contributed by atoms with Gasteiger partial charge in [0.15, 0.2) is 11.5 Å². The number of nitrogens with zero attached hydrogens (tertiary/aromatic N) is 5. The Morgan fingerprint density at radius 1 is 1.21 bits per heavy atom. The average molecular weight is 610 g/mol. The predicted octanol–water partition coefficient (Wildman–Crippen LogP) is 4.44. The lowest BCUT2D eigenvalue weighted by Gasteiger charge is -2.32. The third-order valence-electron chi connectivity index (χ3n) is 7.32. The maximum absolute atomic E-state index is 13.7. The van der Waals surface area contributed by atoms with Crippen molar-refractivity contribution in [2.45, 2.75) is 44.3 Å². The zero-order valence-electron chi connectivity index (χ0n) is 22.8. The fraction of sp³-hybridized carbons (Fsp3) is 0.444. The van der Waals surface area contributed by atoms with Crippen LogP contribution in [0.1, 0.15) is 64.8 Å². The first-order chi connectivity index (χ1) is 20.0. The molecule has 1 aromatic carbocycles. The molecule has 15 heteroatoms. The Morgan fingerprint density at radius 3 is 2.45 bits per heavy atom. The summed E-state index contributed by atoms with van der Waals surface area (Å²) in [5.74, 6) is -0.379. The van der Waals surface area contributed by atoms with Crippen molar-refractivity contribution in [3.63, 3.8) is 0 Å². The van der Waals surface area contributed by atoms with Crippen LogP contribution in [0.15, 0.2) is 30.6 Å². The molecule has 2 fully saturated rings. The van der Waals surface area contributed by atoms with Gasteiger partial charge >= 0.3 is 6.18 Å². The van der Waals surface area contributed by atoms with Crippen molar-refractivity contribution in [2.24, 2.45) is 18.7 Å². The van der Waals surface area contributed by atoms with Gasteiger partial charge in [-0.3, -0.25) is 19.1 Å². The van der Waals surface area contributed by atoms with Crippen molar-refractivity contribution in [2.75, 3.05) is 25.0 Å². The number of halogens is 4. The Balaban J connectivity index is 0.00000129. The van der Waals surface area contributed by atoms with E-state index in [0.29, 0.717) is 36.8 Å². The molecule has 2 amide bonds. The van der Waals surface area contributed by atoms with Gasteiger partial charge < -0.3 is 25.6 Å². The van der Waals surface area contributed by atoms with Crippen LogP contribution >= 0.6 is 11.6 Å². The molecule has 0 radical (unpaired) electrons. The van der Waals surface area contributed by atoms with Crippen LogP contribution in [0.2, 0.25) is 5.02 Å². The molecule has 226 valence electrons. The number of likely N-dealkylation sites (tertiary alicyclic amines) is 1. The second-order valence-corrected chi connectivity index (χ2v) is 10.6.